The summed E-state index contributed by atoms with van der Waals surface area (Å²) in [7, 11) is 0. The number of hydrogen-bond acceptors (Lipinski definition) is 3. The number of aromatic nitrogens is 2. The standard InChI is InChI=1S/C15H14ClFN2O2S/c1-2-21-14(20)9-5-13(10(16)6-11(9)17)19-7-12(8-3-4-8)18-15(19)22/h5-8H,2-4H2,1H3,(H,18,22). The lowest BCUT2D eigenvalue weighted by Crippen LogP contribution is -2.09. The first-order valence-electron chi connectivity index (χ1n) is 6.99. The van der Waals surface area contributed by atoms with Gasteiger partial charge in [-0.1, -0.05) is 11.6 Å². The molecule has 0 aliphatic heterocycles. The van der Waals surface area contributed by atoms with Crippen molar-refractivity contribution in [2.24, 2.45) is 0 Å². The molecule has 7 heteroatoms. The molecule has 1 fully saturated rings. The summed E-state index contributed by atoms with van der Waals surface area (Å²) < 4.78 is 20.9. The Morgan fingerprint density at radius 3 is 2.91 bits per heavy atom. The van der Waals surface area contributed by atoms with Gasteiger partial charge in [0.2, 0.25) is 0 Å². The topological polar surface area (TPSA) is 47.0 Å². The third-order valence-electron chi connectivity index (χ3n) is 3.55. The molecule has 0 amide bonds. The van der Waals surface area contributed by atoms with Crippen LogP contribution in [-0.2, 0) is 4.74 Å². The van der Waals surface area contributed by atoms with E-state index in [4.69, 9.17) is 28.6 Å². The Kier molecular flexibility index (Phi) is 4.06. The van der Waals surface area contributed by atoms with Crippen molar-refractivity contribution in [2.75, 3.05) is 6.61 Å². The quantitative estimate of drug-likeness (QED) is 0.663. The fraction of sp³-hybridized carbons (Fsp3) is 0.333. The summed E-state index contributed by atoms with van der Waals surface area (Å²) in [5.74, 6) is -0.939. The van der Waals surface area contributed by atoms with Crippen molar-refractivity contribution >= 4 is 29.8 Å². The summed E-state index contributed by atoms with van der Waals surface area (Å²) >= 11 is 11.4. The van der Waals surface area contributed by atoms with Crippen molar-refractivity contribution in [1.29, 1.82) is 0 Å². The molecule has 22 heavy (non-hydrogen) atoms. The molecule has 1 N–H and O–H groups in total. The molecule has 4 nitrogen and oxygen atoms in total. The van der Waals surface area contributed by atoms with Gasteiger partial charge in [0, 0.05) is 17.8 Å². The second-order valence-electron chi connectivity index (χ2n) is 5.16. The summed E-state index contributed by atoms with van der Waals surface area (Å²) in [6, 6.07) is 2.48. The van der Waals surface area contributed by atoms with Crippen molar-refractivity contribution in [3.63, 3.8) is 0 Å². The largest absolute Gasteiger partial charge is 0.462 e. The van der Waals surface area contributed by atoms with Gasteiger partial charge in [0.25, 0.3) is 0 Å². The zero-order valence-electron chi connectivity index (χ0n) is 11.9. The number of ether oxygens (including phenoxy) is 1. The van der Waals surface area contributed by atoms with Crippen LogP contribution in [0.2, 0.25) is 5.02 Å². The molecule has 1 heterocycles. The zero-order valence-corrected chi connectivity index (χ0v) is 13.4. The van der Waals surface area contributed by atoms with Crippen LogP contribution in [0.5, 0.6) is 0 Å². The maximum Gasteiger partial charge on any atom is 0.341 e. The molecular formula is C15H14ClFN2O2S. The molecule has 0 bridgehead atoms. The van der Waals surface area contributed by atoms with Crippen LogP contribution in [0.1, 0.15) is 41.7 Å². The third-order valence-corrected chi connectivity index (χ3v) is 4.15. The Morgan fingerprint density at radius 1 is 1.55 bits per heavy atom. The van der Waals surface area contributed by atoms with E-state index in [2.05, 4.69) is 4.98 Å². The lowest BCUT2D eigenvalue weighted by molar-refractivity contribution is 0.0521. The van der Waals surface area contributed by atoms with Crippen molar-refractivity contribution in [2.45, 2.75) is 25.7 Å². The highest BCUT2D eigenvalue weighted by Gasteiger charge is 2.26. The molecule has 0 radical (unpaired) electrons. The number of carbonyl (C=O) groups is 1. The number of esters is 1. The van der Waals surface area contributed by atoms with Gasteiger partial charge in [-0.3, -0.25) is 4.57 Å². The number of rotatable bonds is 4. The summed E-state index contributed by atoms with van der Waals surface area (Å²) in [4.78, 5) is 15.0. The van der Waals surface area contributed by atoms with Gasteiger partial charge in [-0.15, -0.1) is 0 Å². The average Bonchev–Trinajstić information content (AvgIpc) is 3.23. The molecule has 1 aliphatic rings. The Morgan fingerprint density at radius 2 is 2.27 bits per heavy atom. The Balaban J connectivity index is 2.08. The van der Waals surface area contributed by atoms with E-state index in [9.17, 15) is 9.18 Å². The van der Waals surface area contributed by atoms with E-state index in [-0.39, 0.29) is 17.2 Å². The van der Waals surface area contributed by atoms with E-state index < -0.39 is 11.8 Å². The summed E-state index contributed by atoms with van der Waals surface area (Å²) in [6.45, 7) is 1.84. The molecule has 2 aromatic rings. The second kappa shape index (κ2) is 5.85. The van der Waals surface area contributed by atoms with Gasteiger partial charge >= 0.3 is 5.97 Å². The van der Waals surface area contributed by atoms with Crippen molar-refractivity contribution < 1.29 is 13.9 Å². The average molecular weight is 341 g/mol. The van der Waals surface area contributed by atoms with Crippen molar-refractivity contribution in [3.8, 4) is 5.69 Å². The van der Waals surface area contributed by atoms with E-state index in [0.717, 1.165) is 24.6 Å². The number of carbonyl (C=O) groups excluding carboxylic acids is 1. The van der Waals surface area contributed by atoms with Crippen LogP contribution in [0.4, 0.5) is 4.39 Å². The van der Waals surface area contributed by atoms with Crippen LogP contribution < -0.4 is 0 Å². The Labute approximate surface area is 136 Å². The van der Waals surface area contributed by atoms with Crippen LogP contribution in [-0.4, -0.2) is 22.1 Å². The Hall–Kier alpha value is -1.66. The molecule has 1 aliphatic carbocycles. The van der Waals surface area contributed by atoms with Crippen LogP contribution in [0.15, 0.2) is 18.3 Å². The number of benzene rings is 1. The van der Waals surface area contributed by atoms with Gasteiger partial charge in [-0.05, 0) is 44.1 Å². The highest BCUT2D eigenvalue weighted by atomic mass is 35.5. The van der Waals surface area contributed by atoms with E-state index in [1.54, 1.807) is 11.5 Å². The predicted octanol–water partition coefficient (Wildman–Crippen LogP) is 4.38. The van der Waals surface area contributed by atoms with E-state index in [1.807, 2.05) is 6.20 Å². The maximum atomic E-state index is 13.9. The number of H-pyrrole nitrogens is 1. The van der Waals surface area contributed by atoms with Crippen LogP contribution in [0.3, 0.4) is 0 Å². The van der Waals surface area contributed by atoms with Gasteiger partial charge in [0.15, 0.2) is 4.77 Å². The molecule has 0 unspecified atom stereocenters. The molecule has 1 aromatic heterocycles. The smallest absolute Gasteiger partial charge is 0.341 e. The molecule has 1 aromatic carbocycles. The number of hydrogen-bond donors (Lipinski definition) is 1. The monoisotopic (exact) mass is 340 g/mol. The molecule has 3 rings (SSSR count). The minimum Gasteiger partial charge on any atom is -0.462 e. The molecular weight excluding hydrogens is 327 g/mol. The number of nitrogens with zero attached hydrogens (tertiary/aromatic N) is 1. The fourth-order valence-electron chi connectivity index (χ4n) is 2.28. The van der Waals surface area contributed by atoms with Crippen LogP contribution in [0, 0.1) is 10.6 Å². The van der Waals surface area contributed by atoms with E-state index in [0.29, 0.717) is 16.4 Å². The minimum atomic E-state index is -0.720. The van der Waals surface area contributed by atoms with Gasteiger partial charge in [-0.25, -0.2) is 9.18 Å². The molecule has 0 atom stereocenters. The summed E-state index contributed by atoms with van der Waals surface area (Å²) in [6.07, 6.45) is 4.11. The van der Waals surface area contributed by atoms with Gasteiger partial charge in [0.05, 0.1) is 22.9 Å². The molecule has 0 saturated heterocycles. The molecule has 1 saturated carbocycles. The van der Waals surface area contributed by atoms with Gasteiger partial charge < -0.3 is 9.72 Å². The maximum absolute atomic E-state index is 13.9. The lowest BCUT2D eigenvalue weighted by atomic mass is 10.2. The van der Waals surface area contributed by atoms with Gasteiger partial charge in [-0.2, -0.15) is 0 Å². The number of halogens is 2. The molecule has 0 spiro atoms. The van der Waals surface area contributed by atoms with E-state index >= 15 is 0 Å². The molecule has 116 valence electrons. The number of nitrogens with one attached hydrogen (secondary N) is 1. The van der Waals surface area contributed by atoms with Crippen LogP contribution >= 0.6 is 23.8 Å². The third kappa shape index (κ3) is 2.80. The van der Waals surface area contributed by atoms with Crippen LogP contribution in [0.25, 0.3) is 5.69 Å². The first kappa shape index (κ1) is 15.2. The predicted molar refractivity (Wildman–Crippen MR) is 83.9 cm³/mol. The van der Waals surface area contributed by atoms with Crippen molar-refractivity contribution in [3.05, 3.63) is 45.2 Å². The summed E-state index contributed by atoms with van der Waals surface area (Å²) in [5.41, 5.74) is 1.33. The lowest BCUT2D eigenvalue weighted by Gasteiger charge is -2.09. The second-order valence-corrected chi connectivity index (χ2v) is 5.96. The normalized spacial score (nSPS) is 14.1. The Bertz CT molecular complexity index is 795. The summed E-state index contributed by atoms with van der Waals surface area (Å²) in [5, 5.41) is 0.183. The zero-order chi connectivity index (χ0) is 15.9. The van der Waals surface area contributed by atoms with Crippen molar-refractivity contribution in [1.82, 2.24) is 9.55 Å². The fourth-order valence-corrected chi connectivity index (χ4v) is 2.79. The highest BCUT2D eigenvalue weighted by Crippen LogP contribution is 2.39. The SMILES string of the molecule is CCOC(=O)c1cc(-n2cc(C3CC3)[nH]c2=S)c(Cl)cc1F. The first-order chi connectivity index (χ1) is 10.5. The number of aromatic amines is 1. The highest BCUT2D eigenvalue weighted by molar-refractivity contribution is 7.71. The first-order valence-corrected chi connectivity index (χ1v) is 7.78. The van der Waals surface area contributed by atoms with Gasteiger partial charge in [0.1, 0.15) is 5.82 Å². The minimum absolute atomic E-state index is 0.155. The number of imidazole rings is 1. The van der Waals surface area contributed by atoms with E-state index in [1.165, 1.54) is 6.07 Å².